The van der Waals surface area contributed by atoms with E-state index in [2.05, 4.69) is 20.3 Å². The van der Waals surface area contributed by atoms with Gasteiger partial charge in [-0.3, -0.25) is 0 Å². The van der Waals surface area contributed by atoms with Gasteiger partial charge in [-0.25, -0.2) is 0 Å². The molecule has 0 atom stereocenters. The van der Waals surface area contributed by atoms with Crippen LogP contribution < -0.4 is 10.1 Å². The molecule has 10 nitrogen and oxygen atoms in total. The number of aromatic hydroxyl groups is 2. The fourth-order valence-electron chi connectivity index (χ4n) is 2.28. The molecule has 0 aliphatic carbocycles. The van der Waals surface area contributed by atoms with Crippen molar-refractivity contribution in [1.82, 2.24) is 10.1 Å². The molecule has 4 N–H and O–H groups in total. The molecule has 2 aromatic carbocycles. The van der Waals surface area contributed by atoms with E-state index in [1.165, 1.54) is 12.2 Å². The van der Waals surface area contributed by atoms with E-state index in [0.29, 0.717) is 0 Å². The minimum atomic E-state index is -0.619. The summed E-state index contributed by atoms with van der Waals surface area (Å²) in [5.41, 5.74) is 7.90. The molecule has 2 aromatic rings. The second-order valence-corrected chi connectivity index (χ2v) is 5.75. The van der Waals surface area contributed by atoms with Crippen LogP contribution in [0.3, 0.4) is 0 Å². The summed E-state index contributed by atoms with van der Waals surface area (Å²) >= 11 is 4.01. The van der Waals surface area contributed by atoms with Crippen LogP contribution in [0, 0.1) is 20.2 Å². The number of nitro groups is 2. The molecule has 147 valence electrons. The van der Waals surface area contributed by atoms with Gasteiger partial charge in [0.1, 0.15) is 0 Å². The Bertz CT molecular complexity index is 910. The van der Waals surface area contributed by atoms with Crippen molar-refractivity contribution < 1.29 is 36.0 Å². The van der Waals surface area contributed by atoms with Crippen molar-refractivity contribution in [2.45, 2.75) is 0 Å². The quantitative estimate of drug-likeness (QED) is 0.346. The van der Waals surface area contributed by atoms with Crippen LogP contribution >= 0.6 is 0 Å². The number of benzene rings is 2. The number of hydrogen-bond donors (Lipinski definition) is 3. The predicted octanol–water partition coefficient (Wildman–Crippen LogP) is 2.67. The summed E-state index contributed by atoms with van der Waals surface area (Å²) < 4.78 is 2.52. The molecule has 0 bridgehead atoms. The molecular formula is C17H14CoN4O6. The molecule has 0 fully saturated rings. The predicted molar refractivity (Wildman–Crippen MR) is 96.6 cm³/mol. The zero-order valence-electron chi connectivity index (χ0n) is 14.1. The summed E-state index contributed by atoms with van der Waals surface area (Å²) in [7, 11) is 0. The molecule has 0 saturated heterocycles. The van der Waals surface area contributed by atoms with E-state index >= 15 is 0 Å². The molecule has 28 heavy (non-hydrogen) atoms. The summed E-state index contributed by atoms with van der Waals surface area (Å²) in [6.07, 6.45) is 2.68. The Balaban J connectivity index is 2.55. The van der Waals surface area contributed by atoms with Gasteiger partial charge in [0.05, 0.1) is 0 Å². The Morgan fingerprint density at radius 3 is 1.86 bits per heavy atom. The molecule has 0 heterocycles. The zero-order chi connectivity index (χ0) is 20.8. The first-order chi connectivity index (χ1) is 13.3. The van der Waals surface area contributed by atoms with E-state index in [1.807, 2.05) is 0 Å². The van der Waals surface area contributed by atoms with E-state index in [1.54, 1.807) is 0 Å². The van der Waals surface area contributed by atoms with Gasteiger partial charge < -0.3 is 0 Å². The minimum absolute atomic E-state index is 0.104. The van der Waals surface area contributed by atoms with Crippen LogP contribution in [0.2, 0.25) is 0 Å². The van der Waals surface area contributed by atoms with E-state index in [9.17, 15) is 30.4 Å². The van der Waals surface area contributed by atoms with Crippen molar-refractivity contribution in [3.05, 3.63) is 79.0 Å². The maximum absolute atomic E-state index is 10.9. The van der Waals surface area contributed by atoms with Crippen LogP contribution in [0.1, 0.15) is 11.1 Å². The number of non-ortho nitro benzene ring substituents is 2. The summed E-state index contributed by atoms with van der Waals surface area (Å²) in [5.74, 6) is -0.457. The standard InChI is InChI=1S/C17H14N4O6.Co/c18-9-12(5-10-6-13(20(24)25)1-3-16(10)22)15(19)8-11-7-14(21(26)27)2-4-17(11)23;/h1-8,18-19,22-23H,9H2;/q-1;+1. The van der Waals surface area contributed by atoms with Crippen molar-refractivity contribution in [2.75, 3.05) is 6.54 Å². The number of phenolic OH excluding ortho intramolecular Hbond substituents is 2. The Morgan fingerprint density at radius 1 is 1.00 bits per heavy atom. The third kappa shape index (κ3) is 4.85. The third-order valence-corrected chi connectivity index (χ3v) is 3.98. The summed E-state index contributed by atoms with van der Waals surface area (Å²) in [4.78, 5) is 20.6. The molecule has 0 aromatic heterocycles. The average Bonchev–Trinajstić information content (AvgIpc) is 2.66. The van der Waals surface area contributed by atoms with Gasteiger partial charge in [-0.05, 0) is 0 Å². The normalized spacial score (nSPS) is 12.0. The van der Waals surface area contributed by atoms with Gasteiger partial charge in [-0.15, -0.1) is 0 Å². The van der Waals surface area contributed by atoms with Crippen molar-refractivity contribution >= 4 is 23.5 Å². The Labute approximate surface area is 167 Å². The number of hydrogen-bond acceptors (Lipinski definition) is 7. The first-order valence-electron chi connectivity index (χ1n) is 7.63. The van der Waals surface area contributed by atoms with E-state index < -0.39 is 9.85 Å². The summed E-state index contributed by atoms with van der Waals surface area (Å²) in [6.45, 7) is -0.309. The van der Waals surface area contributed by atoms with Crippen LogP contribution in [-0.4, -0.2) is 26.6 Å². The first-order valence-corrected chi connectivity index (χ1v) is 8.15. The summed E-state index contributed by atoms with van der Waals surface area (Å²) in [5, 5.41) is 41.7. The van der Waals surface area contributed by atoms with Gasteiger partial charge in [-0.2, -0.15) is 0 Å². The van der Waals surface area contributed by atoms with Gasteiger partial charge in [0.2, 0.25) is 0 Å². The molecule has 0 saturated carbocycles. The molecule has 0 aliphatic rings. The van der Waals surface area contributed by atoms with Crippen LogP contribution in [0.4, 0.5) is 11.4 Å². The van der Waals surface area contributed by atoms with Gasteiger partial charge in [0.25, 0.3) is 0 Å². The van der Waals surface area contributed by atoms with Crippen LogP contribution in [0.15, 0.2) is 47.7 Å². The first kappa shape index (κ1) is 20.9. The molecule has 0 unspecified atom stereocenters. The molecule has 2 rings (SSSR count). The SMILES string of the molecule is [NH]CC(=Cc1cc([N+](=O)[O-])ccc1O)C(=Cc1cc([N+](=O)[O-])ccc1O)[NH][Co]. The number of rotatable bonds is 7. The van der Waals surface area contributed by atoms with E-state index in [0.717, 1.165) is 36.4 Å². The number of nitrogens with one attached hydrogen (secondary N) is 2. The van der Waals surface area contributed by atoms with E-state index in [-0.39, 0.29) is 51.8 Å². The summed E-state index contributed by atoms with van der Waals surface area (Å²) in [6, 6.07) is 6.90. The van der Waals surface area contributed by atoms with Gasteiger partial charge >= 0.3 is 167 Å². The van der Waals surface area contributed by atoms with Crippen molar-refractivity contribution in [3.8, 4) is 11.5 Å². The van der Waals surface area contributed by atoms with Crippen molar-refractivity contribution in [3.63, 3.8) is 0 Å². The third-order valence-electron chi connectivity index (χ3n) is 3.70. The fraction of sp³-hybridized carbons (Fsp3) is 0.0588. The molecule has 1 radical (unpaired) electrons. The second-order valence-electron chi connectivity index (χ2n) is 5.49. The van der Waals surface area contributed by atoms with Gasteiger partial charge in [-0.1, -0.05) is 0 Å². The van der Waals surface area contributed by atoms with Crippen molar-refractivity contribution in [1.29, 1.82) is 0 Å². The maximum atomic E-state index is 10.9. The molecule has 0 aliphatic heterocycles. The average molecular weight is 429 g/mol. The fourth-order valence-corrected chi connectivity index (χ4v) is 2.52. The van der Waals surface area contributed by atoms with Crippen LogP contribution in [0.25, 0.3) is 12.2 Å². The Morgan fingerprint density at radius 2 is 1.46 bits per heavy atom. The molecular weight excluding hydrogens is 415 g/mol. The Kier molecular flexibility index (Phi) is 6.71. The molecule has 11 heteroatoms. The number of nitrogens with zero attached hydrogens (tertiary/aromatic N) is 2. The van der Waals surface area contributed by atoms with Crippen LogP contribution in [0.5, 0.6) is 11.5 Å². The molecule has 0 spiro atoms. The van der Waals surface area contributed by atoms with Crippen molar-refractivity contribution in [2.24, 2.45) is 0 Å². The number of nitro benzene ring substituents is 2. The zero-order valence-corrected chi connectivity index (χ0v) is 15.1. The van der Waals surface area contributed by atoms with Gasteiger partial charge in [0.15, 0.2) is 0 Å². The second kappa shape index (κ2) is 8.99. The molecule has 0 amide bonds. The van der Waals surface area contributed by atoms with Crippen LogP contribution in [-0.2, 0) is 16.0 Å². The topological polar surface area (TPSA) is 163 Å². The number of phenols is 2. The monoisotopic (exact) mass is 429 g/mol. The Hall–Kier alpha value is -3.41. The van der Waals surface area contributed by atoms with E-state index in [4.69, 9.17) is 5.73 Å². The van der Waals surface area contributed by atoms with Gasteiger partial charge in [0, 0.05) is 0 Å².